The molecular formula is C16H14ClN7O5S. The number of aryl methyl sites for hydroxylation is 1. The van der Waals surface area contributed by atoms with Crippen molar-refractivity contribution in [1.82, 2.24) is 20.0 Å². The van der Waals surface area contributed by atoms with Gasteiger partial charge in [0.25, 0.3) is 15.9 Å². The van der Waals surface area contributed by atoms with E-state index in [0.717, 1.165) is 6.20 Å². The van der Waals surface area contributed by atoms with Crippen molar-refractivity contribution < 1.29 is 18.1 Å². The van der Waals surface area contributed by atoms with E-state index in [-0.39, 0.29) is 33.8 Å². The Morgan fingerprint density at radius 2 is 1.90 bits per heavy atom. The summed E-state index contributed by atoms with van der Waals surface area (Å²) in [4.78, 5) is 22.8. The van der Waals surface area contributed by atoms with Gasteiger partial charge in [-0.2, -0.15) is 5.10 Å². The molecule has 1 aromatic carbocycles. The average molecular weight is 452 g/mol. The molecule has 12 nitrogen and oxygen atoms in total. The Hall–Kier alpha value is -3.58. The number of nitro groups is 1. The summed E-state index contributed by atoms with van der Waals surface area (Å²) in [5.41, 5.74) is -0.396. The van der Waals surface area contributed by atoms with Gasteiger partial charge >= 0.3 is 5.69 Å². The molecule has 0 unspecified atom stereocenters. The number of rotatable bonds is 7. The van der Waals surface area contributed by atoms with E-state index in [4.69, 9.17) is 11.6 Å². The molecule has 0 radical (unpaired) electrons. The zero-order valence-corrected chi connectivity index (χ0v) is 16.9. The Morgan fingerprint density at radius 3 is 2.47 bits per heavy atom. The summed E-state index contributed by atoms with van der Waals surface area (Å²) in [7, 11) is -3.95. The summed E-state index contributed by atoms with van der Waals surface area (Å²) in [6, 6.07) is 7.94. The van der Waals surface area contributed by atoms with Gasteiger partial charge in [0.2, 0.25) is 5.69 Å². The minimum atomic E-state index is -3.95. The van der Waals surface area contributed by atoms with E-state index in [1.165, 1.54) is 41.1 Å². The van der Waals surface area contributed by atoms with Crippen LogP contribution in [0.25, 0.3) is 0 Å². The highest BCUT2D eigenvalue weighted by atomic mass is 35.5. The summed E-state index contributed by atoms with van der Waals surface area (Å²) in [5.74, 6) is -0.761. The second kappa shape index (κ2) is 8.42. The van der Waals surface area contributed by atoms with E-state index in [0.29, 0.717) is 0 Å². The number of sulfonamides is 1. The molecule has 0 saturated carbocycles. The third kappa shape index (κ3) is 4.52. The van der Waals surface area contributed by atoms with Gasteiger partial charge in [-0.1, -0.05) is 11.6 Å². The number of carbonyl (C=O) groups is 1. The molecule has 3 aromatic rings. The van der Waals surface area contributed by atoms with E-state index in [1.54, 1.807) is 6.92 Å². The quantitative estimate of drug-likeness (QED) is 0.408. The maximum atomic E-state index is 12.5. The lowest BCUT2D eigenvalue weighted by Crippen LogP contribution is -2.19. The van der Waals surface area contributed by atoms with E-state index in [2.05, 4.69) is 25.3 Å². The number of amides is 1. The highest BCUT2D eigenvalue weighted by molar-refractivity contribution is 7.92. The Labute approximate surface area is 175 Å². The number of nitrogens with zero attached hydrogens (tertiary/aromatic N) is 5. The number of anilines is 2. The topological polar surface area (TPSA) is 162 Å². The van der Waals surface area contributed by atoms with Gasteiger partial charge in [-0.05, 0) is 43.3 Å². The maximum Gasteiger partial charge on any atom is 0.320 e. The van der Waals surface area contributed by atoms with Crippen LogP contribution in [0.3, 0.4) is 0 Å². The van der Waals surface area contributed by atoms with Gasteiger partial charge in [0.1, 0.15) is 6.20 Å². The van der Waals surface area contributed by atoms with Gasteiger partial charge in [-0.25, -0.2) is 8.42 Å². The van der Waals surface area contributed by atoms with Crippen LogP contribution >= 0.6 is 11.6 Å². The van der Waals surface area contributed by atoms with Crippen molar-refractivity contribution >= 4 is 44.7 Å². The molecule has 2 heterocycles. The molecule has 1 amide bonds. The number of aromatic nitrogens is 4. The smallest absolute Gasteiger partial charge is 0.320 e. The Morgan fingerprint density at radius 1 is 1.20 bits per heavy atom. The van der Waals surface area contributed by atoms with Crippen molar-refractivity contribution in [1.29, 1.82) is 0 Å². The maximum absolute atomic E-state index is 12.5. The third-order valence-corrected chi connectivity index (χ3v) is 5.40. The van der Waals surface area contributed by atoms with Crippen LogP contribution in [0, 0.1) is 10.1 Å². The predicted molar refractivity (Wildman–Crippen MR) is 107 cm³/mol. The second-order valence-electron chi connectivity index (χ2n) is 5.78. The van der Waals surface area contributed by atoms with Crippen LogP contribution in [0.1, 0.15) is 17.4 Å². The van der Waals surface area contributed by atoms with Crippen molar-refractivity contribution in [3.8, 4) is 0 Å². The molecule has 156 valence electrons. The molecule has 14 heteroatoms. The minimum Gasteiger partial charge on any atom is -0.320 e. The standard InChI is InChI=1S/C16H14ClN7O5S/c1-2-23-15(12(9-18-23)24(26)27)16(25)19-10-3-5-11(6-4-10)30(28,29)22-14-8-7-13(17)20-21-14/h3-9H,2H2,1H3,(H,19,25)(H,21,22). The summed E-state index contributed by atoms with van der Waals surface area (Å²) >= 11 is 5.61. The first-order chi connectivity index (χ1) is 14.2. The molecule has 2 aromatic heterocycles. The van der Waals surface area contributed by atoms with Crippen molar-refractivity contribution in [3.63, 3.8) is 0 Å². The molecule has 3 rings (SSSR count). The molecule has 0 saturated heterocycles. The Bertz CT molecular complexity index is 1190. The van der Waals surface area contributed by atoms with E-state index >= 15 is 0 Å². The minimum absolute atomic E-state index is 0.0167. The number of nitrogens with one attached hydrogen (secondary N) is 2. The van der Waals surface area contributed by atoms with Gasteiger partial charge in [0.15, 0.2) is 11.0 Å². The lowest BCUT2D eigenvalue weighted by molar-refractivity contribution is -0.385. The summed E-state index contributed by atoms with van der Waals surface area (Å²) in [6.45, 7) is 1.94. The SMILES string of the molecule is CCn1ncc([N+](=O)[O-])c1C(=O)Nc1ccc(S(=O)(=O)Nc2ccc(Cl)nn2)cc1. The number of hydrogen-bond donors (Lipinski definition) is 2. The highest BCUT2D eigenvalue weighted by Crippen LogP contribution is 2.21. The lowest BCUT2D eigenvalue weighted by atomic mass is 10.3. The molecule has 0 bridgehead atoms. The number of benzene rings is 1. The van der Waals surface area contributed by atoms with Crippen LogP contribution < -0.4 is 10.0 Å². The molecule has 0 aliphatic heterocycles. The van der Waals surface area contributed by atoms with Gasteiger partial charge in [-0.3, -0.25) is 24.3 Å². The fraction of sp³-hybridized carbons (Fsp3) is 0.125. The summed E-state index contributed by atoms with van der Waals surface area (Å²) < 4.78 is 28.3. The normalized spacial score (nSPS) is 11.1. The van der Waals surface area contributed by atoms with Crippen molar-refractivity contribution in [3.05, 3.63) is 63.6 Å². The highest BCUT2D eigenvalue weighted by Gasteiger charge is 2.26. The molecule has 30 heavy (non-hydrogen) atoms. The first-order valence-corrected chi connectivity index (χ1v) is 10.2. The van der Waals surface area contributed by atoms with Crippen molar-refractivity contribution in [2.24, 2.45) is 0 Å². The third-order valence-electron chi connectivity index (χ3n) is 3.82. The van der Waals surface area contributed by atoms with Crippen LogP contribution in [-0.2, 0) is 16.6 Å². The Balaban J connectivity index is 1.78. The first kappa shape index (κ1) is 21.1. The van der Waals surface area contributed by atoms with Crippen LogP contribution in [0.4, 0.5) is 17.2 Å². The summed E-state index contributed by atoms with van der Waals surface area (Å²) in [5, 5.41) is 24.7. The zero-order valence-electron chi connectivity index (χ0n) is 15.3. The van der Waals surface area contributed by atoms with E-state index in [9.17, 15) is 23.3 Å². The van der Waals surface area contributed by atoms with Crippen LogP contribution in [0.2, 0.25) is 5.15 Å². The molecule has 0 atom stereocenters. The van der Waals surface area contributed by atoms with Gasteiger partial charge in [0.05, 0.1) is 9.82 Å². The Kier molecular flexibility index (Phi) is 5.94. The van der Waals surface area contributed by atoms with Gasteiger partial charge < -0.3 is 5.32 Å². The fourth-order valence-corrected chi connectivity index (χ4v) is 3.55. The monoisotopic (exact) mass is 451 g/mol. The predicted octanol–water partition coefficient (Wildman–Crippen LogP) is 2.31. The molecule has 0 aliphatic carbocycles. The van der Waals surface area contributed by atoms with Crippen LogP contribution in [0.15, 0.2) is 47.5 Å². The molecule has 0 aliphatic rings. The average Bonchev–Trinajstić information content (AvgIpc) is 3.15. The molecule has 0 spiro atoms. The largest absolute Gasteiger partial charge is 0.320 e. The summed E-state index contributed by atoms with van der Waals surface area (Å²) in [6.07, 6.45) is 0.999. The van der Waals surface area contributed by atoms with E-state index < -0.39 is 26.5 Å². The first-order valence-electron chi connectivity index (χ1n) is 8.35. The van der Waals surface area contributed by atoms with Crippen molar-refractivity contribution in [2.75, 3.05) is 10.0 Å². The molecule has 0 fully saturated rings. The number of halogens is 1. The van der Waals surface area contributed by atoms with Crippen molar-refractivity contribution in [2.45, 2.75) is 18.4 Å². The van der Waals surface area contributed by atoms with Gasteiger partial charge in [-0.15, -0.1) is 10.2 Å². The molecular weight excluding hydrogens is 438 g/mol. The number of carbonyl (C=O) groups excluding carboxylic acids is 1. The molecule has 2 N–H and O–H groups in total. The fourth-order valence-electron chi connectivity index (χ4n) is 2.46. The van der Waals surface area contributed by atoms with E-state index in [1.807, 2.05) is 0 Å². The van der Waals surface area contributed by atoms with Crippen LogP contribution in [0.5, 0.6) is 0 Å². The number of hydrogen-bond acceptors (Lipinski definition) is 8. The lowest BCUT2D eigenvalue weighted by Gasteiger charge is -2.09. The second-order valence-corrected chi connectivity index (χ2v) is 7.85. The van der Waals surface area contributed by atoms with Gasteiger partial charge in [0, 0.05) is 12.2 Å². The van der Waals surface area contributed by atoms with Crippen LogP contribution in [-0.4, -0.2) is 39.2 Å². The zero-order chi connectivity index (χ0) is 21.9.